The van der Waals surface area contributed by atoms with E-state index in [0.29, 0.717) is 0 Å². The standard InChI is InChI=1S/C18H30N2/c1-3-18-8-6-5-7-13-20(18)15-17-11-9-16(10-12-17)14-19-4-2/h9-12,18-19H,3-8,13-15H2,1-2H3. The van der Waals surface area contributed by atoms with Crippen molar-refractivity contribution in [3.63, 3.8) is 0 Å². The zero-order valence-corrected chi connectivity index (χ0v) is 13.2. The van der Waals surface area contributed by atoms with E-state index in [1.807, 2.05) is 0 Å². The van der Waals surface area contributed by atoms with Crippen LogP contribution in [-0.4, -0.2) is 24.0 Å². The van der Waals surface area contributed by atoms with E-state index in [4.69, 9.17) is 0 Å². The molecule has 1 saturated heterocycles. The Labute approximate surface area is 124 Å². The largest absolute Gasteiger partial charge is 0.313 e. The molecule has 0 bridgehead atoms. The van der Waals surface area contributed by atoms with E-state index in [-0.39, 0.29) is 0 Å². The van der Waals surface area contributed by atoms with Crippen LogP contribution in [0.2, 0.25) is 0 Å². The minimum atomic E-state index is 0.791. The highest BCUT2D eigenvalue weighted by Gasteiger charge is 2.19. The van der Waals surface area contributed by atoms with Crippen LogP contribution in [0.15, 0.2) is 24.3 Å². The van der Waals surface area contributed by atoms with Crippen LogP contribution in [0.1, 0.15) is 57.1 Å². The van der Waals surface area contributed by atoms with Crippen molar-refractivity contribution in [1.82, 2.24) is 10.2 Å². The van der Waals surface area contributed by atoms with Crippen molar-refractivity contribution in [2.45, 2.75) is 65.1 Å². The number of benzene rings is 1. The Kier molecular flexibility index (Phi) is 6.55. The topological polar surface area (TPSA) is 15.3 Å². The second kappa shape index (κ2) is 8.43. The predicted molar refractivity (Wildman–Crippen MR) is 86.8 cm³/mol. The van der Waals surface area contributed by atoms with Gasteiger partial charge in [-0.05, 0) is 43.5 Å². The van der Waals surface area contributed by atoms with Crippen LogP contribution < -0.4 is 5.32 Å². The van der Waals surface area contributed by atoms with E-state index in [9.17, 15) is 0 Å². The molecule has 1 aromatic carbocycles. The third-order valence-corrected chi connectivity index (χ3v) is 4.46. The first kappa shape index (κ1) is 15.5. The fourth-order valence-corrected chi connectivity index (χ4v) is 3.17. The van der Waals surface area contributed by atoms with E-state index in [2.05, 4.69) is 48.3 Å². The molecule has 0 radical (unpaired) electrons. The summed E-state index contributed by atoms with van der Waals surface area (Å²) < 4.78 is 0. The molecule has 0 saturated carbocycles. The maximum atomic E-state index is 3.38. The van der Waals surface area contributed by atoms with Gasteiger partial charge in [-0.25, -0.2) is 0 Å². The van der Waals surface area contributed by atoms with Crippen molar-refractivity contribution in [2.24, 2.45) is 0 Å². The molecule has 2 nitrogen and oxygen atoms in total. The second-order valence-corrected chi connectivity index (χ2v) is 5.98. The van der Waals surface area contributed by atoms with Gasteiger partial charge in [-0.2, -0.15) is 0 Å². The molecular weight excluding hydrogens is 244 g/mol. The van der Waals surface area contributed by atoms with Gasteiger partial charge in [0.2, 0.25) is 0 Å². The SMILES string of the molecule is CCNCc1ccc(CN2CCCCCC2CC)cc1. The molecule has 0 spiro atoms. The van der Waals surface area contributed by atoms with Gasteiger partial charge in [0.1, 0.15) is 0 Å². The smallest absolute Gasteiger partial charge is 0.0236 e. The number of hydrogen-bond donors (Lipinski definition) is 1. The van der Waals surface area contributed by atoms with E-state index in [0.717, 1.165) is 25.7 Å². The minimum absolute atomic E-state index is 0.791. The molecule has 1 heterocycles. The van der Waals surface area contributed by atoms with E-state index in [1.54, 1.807) is 0 Å². The zero-order chi connectivity index (χ0) is 14.2. The van der Waals surface area contributed by atoms with Crippen LogP contribution >= 0.6 is 0 Å². The zero-order valence-electron chi connectivity index (χ0n) is 13.2. The molecule has 0 aliphatic carbocycles. The molecular formula is C18H30N2. The lowest BCUT2D eigenvalue weighted by molar-refractivity contribution is 0.186. The average molecular weight is 274 g/mol. The van der Waals surface area contributed by atoms with Crippen LogP contribution in [0.5, 0.6) is 0 Å². The van der Waals surface area contributed by atoms with Crippen LogP contribution in [-0.2, 0) is 13.1 Å². The molecule has 1 aliphatic rings. The molecule has 20 heavy (non-hydrogen) atoms. The van der Waals surface area contributed by atoms with Crippen molar-refractivity contribution >= 4 is 0 Å². The molecule has 1 atom stereocenters. The van der Waals surface area contributed by atoms with Crippen LogP contribution in [0.25, 0.3) is 0 Å². The first-order valence-corrected chi connectivity index (χ1v) is 8.36. The van der Waals surface area contributed by atoms with E-state index < -0.39 is 0 Å². The summed E-state index contributed by atoms with van der Waals surface area (Å²) in [5, 5.41) is 3.38. The number of nitrogens with zero attached hydrogens (tertiary/aromatic N) is 1. The Morgan fingerprint density at radius 2 is 1.80 bits per heavy atom. The monoisotopic (exact) mass is 274 g/mol. The fourth-order valence-electron chi connectivity index (χ4n) is 3.17. The highest BCUT2D eigenvalue weighted by Crippen LogP contribution is 2.21. The van der Waals surface area contributed by atoms with Crippen LogP contribution in [0.4, 0.5) is 0 Å². The lowest BCUT2D eigenvalue weighted by Gasteiger charge is -2.29. The van der Waals surface area contributed by atoms with Crippen LogP contribution in [0.3, 0.4) is 0 Å². The summed E-state index contributed by atoms with van der Waals surface area (Å²) in [7, 11) is 0. The Morgan fingerprint density at radius 3 is 2.50 bits per heavy atom. The molecule has 1 aromatic rings. The Balaban J connectivity index is 1.93. The molecule has 1 fully saturated rings. The molecule has 0 aromatic heterocycles. The van der Waals surface area contributed by atoms with Crippen molar-refractivity contribution < 1.29 is 0 Å². The van der Waals surface area contributed by atoms with Gasteiger partial charge in [0.25, 0.3) is 0 Å². The lowest BCUT2D eigenvalue weighted by atomic mass is 10.1. The fraction of sp³-hybridized carbons (Fsp3) is 0.667. The molecule has 1 N–H and O–H groups in total. The van der Waals surface area contributed by atoms with Gasteiger partial charge in [-0.15, -0.1) is 0 Å². The summed E-state index contributed by atoms with van der Waals surface area (Å²) in [6.07, 6.45) is 6.87. The first-order valence-electron chi connectivity index (χ1n) is 8.36. The Hall–Kier alpha value is -0.860. The summed E-state index contributed by atoms with van der Waals surface area (Å²) in [6.45, 7) is 8.91. The summed E-state index contributed by atoms with van der Waals surface area (Å²) in [5.74, 6) is 0. The number of nitrogens with one attached hydrogen (secondary N) is 1. The summed E-state index contributed by atoms with van der Waals surface area (Å²) in [6, 6.07) is 9.96. The van der Waals surface area contributed by atoms with Crippen molar-refractivity contribution in [1.29, 1.82) is 0 Å². The van der Waals surface area contributed by atoms with Gasteiger partial charge >= 0.3 is 0 Å². The molecule has 2 heteroatoms. The van der Waals surface area contributed by atoms with Crippen molar-refractivity contribution in [3.05, 3.63) is 35.4 Å². The highest BCUT2D eigenvalue weighted by atomic mass is 15.2. The first-order chi connectivity index (χ1) is 9.83. The van der Waals surface area contributed by atoms with Gasteiger partial charge in [-0.3, -0.25) is 4.90 Å². The number of hydrogen-bond acceptors (Lipinski definition) is 2. The van der Waals surface area contributed by atoms with Gasteiger partial charge in [-0.1, -0.05) is 51.0 Å². The minimum Gasteiger partial charge on any atom is -0.313 e. The molecule has 1 aliphatic heterocycles. The number of rotatable bonds is 6. The maximum Gasteiger partial charge on any atom is 0.0236 e. The molecule has 2 rings (SSSR count). The third kappa shape index (κ3) is 4.60. The third-order valence-electron chi connectivity index (χ3n) is 4.46. The van der Waals surface area contributed by atoms with E-state index in [1.165, 1.54) is 49.8 Å². The van der Waals surface area contributed by atoms with Crippen LogP contribution in [0, 0.1) is 0 Å². The number of likely N-dealkylation sites (tertiary alicyclic amines) is 1. The maximum absolute atomic E-state index is 3.38. The van der Waals surface area contributed by atoms with Gasteiger partial charge in [0.05, 0.1) is 0 Å². The summed E-state index contributed by atoms with van der Waals surface area (Å²) >= 11 is 0. The summed E-state index contributed by atoms with van der Waals surface area (Å²) in [4.78, 5) is 2.70. The van der Waals surface area contributed by atoms with E-state index >= 15 is 0 Å². The quantitative estimate of drug-likeness (QED) is 0.845. The van der Waals surface area contributed by atoms with Gasteiger partial charge in [0.15, 0.2) is 0 Å². The highest BCUT2D eigenvalue weighted by molar-refractivity contribution is 5.22. The van der Waals surface area contributed by atoms with Crippen molar-refractivity contribution in [2.75, 3.05) is 13.1 Å². The average Bonchev–Trinajstić information content (AvgIpc) is 2.71. The lowest BCUT2D eigenvalue weighted by Crippen LogP contribution is -2.33. The Morgan fingerprint density at radius 1 is 1.05 bits per heavy atom. The molecule has 1 unspecified atom stereocenters. The Bertz CT molecular complexity index is 372. The van der Waals surface area contributed by atoms with Crippen molar-refractivity contribution in [3.8, 4) is 0 Å². The predicted octanol–water partition coefficient (Wildman–Crippen LogP) is 3.95. The van der Waals surface area contributed by atoms with Gasteiger partial charge in [0, 0.05) is 19.1 Å². The second-order valence-electron chi connectivity index (χ2n) is 5.98. The summed E-state index contributed by atoms with van der Waals surface area (Å²) in [5.41, 5.74) is 2.85. The van der Waals surface area contributed by atoms with Gasteiger partial charge < -0.3 is 5.32 Å². The molecule has 112 valence electrons. The normalized spacial score (nSPS) is 20.8. The molecule has 0 amide bonds.